The third kappa shape index (κ3) is 3.68. The lowest BCUT2D eigenvalue weighted by Crippen LogP contribution is -2.00. The summed E-state index contributed by atoms with van der Waals surface area (Å²) in [5, 5.41) is 13.9. The molecule has 2 aromatic heterocycles. The number of benzene rings is 1. The van der Waals surface area contributed by atoms with Crippen LogP contribution in [0.15, 0.2) is 46.6 Å². The zero-order chi connectivity index (χ0) is 16.9. The van der Waals surface area contributed by atoms with E-state index in [2.05, 4.69) is 26.9 Å². The van der Waals surface area contributed by atoms with Crippen molar-refractivity contribution in [3.05, 3.63) is 53.7 Å². The maximum Gasteiger partial charge on any atom is 0.237 e. The van der Waals surface area contributed by atoms with E-state index in [4.69, 9.17) is 16.1 Å². The Hall–Kier alpha value is -2.12. The summed E-state index contributed by atoms with van der Waals surface area (Å²) in [5.41, 5.74) is 0.951. The molecule has 3 aromatic rings. The fourth-order valence-corrected chi connectivity index (χ4v) is 3.03. The third-order valence-corrected chi connectivity index (χ3v) is 4.49. The van der Waals surface area contributed by atoms with Crippen molar-refractivity contribution in [3.63, 3.8) is 0 Å². The second-order valence-corrected chi connectivity index (χ2v) is 6.34. The molecule has 3 rings (SSSR count). The normalized spacial score (nSPS) is 10.9. The van der Waals surface area contributed by atoms with E-state index in [0.717, 1.165) is 23.0 Å². The number of thioether (sulfide) groups is 1. The van der Waals surface area contributed by atoms with Crippen LogP contribution in [0.4, 0.5) is 0 Å². The van der Waals surface area contributed by atoms with Crippen LogP contribution in [-0.2, 0) is 18.7 Å². The molecule has 1 aromatic carbocycles. The molecule has 0 atom stereocenters. The van der Waals surface area contributed by atoms with E-state index in [9.17, 15) is 0 Å². The number of hydrogen-bond acceptors (Lipinski definition) is 6. The maximum absolute atomic E-state index is 5.95. The van der Waals surface area contributed by atoms with E-state index in [1.807, 2.05) is 41.8 Å². The van der Waals surface area contributed by atoms with E-state index in [-0.39, 0.29) is 0 Å². The van der Waals surface area contributed by atoms with Crippen molar-refractivity contribution in [2.24, 2.45) is 0 Å². The number of aryl methyl sites for hydroxylation is 1. The predicted molar refractivity (Wildman–Crippen MR) is 93.9 cm³/mol. The molecule has 2 heterocycles. The number of hydrogen-bond donors (Lipinski definition) is 0. The van der Waals surface area contributed by atoms with Crippen molar-refractivity contribution >= 4 is 23.4 Å². The molecule has 0 amide bonds. The summed E-state index contributed by atoms with van der Waals surface area (Å²) in [6.07, 6.45) is 2.57. The lowest BCUT2D eigenvalue weighted by Gasteiger charge is -2.07. The molecule has 0 saturated carbocycles. The van der Waals surface area contributed by atoms with Crippen LogP contribution in [0, 0.1) is 0 Å². The molecular formula is C16H16ClN5OS. The molecule has 0 spiro atoms. The zero-order valence-electron chi connectivity index (χ0n) is 13.1. The van der Waals surface area contributed by atoms with Gasteiger partial charge in [-0.25, -0.2) is 0 Å². The van der Waals surface area contributed by atoms with Gasteiger partial charge in [0.15, 0.2) is 16.8 Å². The van der Waals surface area contributed by atoms with Gasteiger partial charge in [-0.1, -0.05) is 41.5 Å². The number of aromatic nitrogens is 5. The highest BCUT2D eigenvalue weighted by molar-refractivity contribution is 7.98. The van der Waals surface area contributed by atoms with E-state index < -0.39 is 0 Å². The Labute approximate surface area is 148 Å². The van der Waals surface area contributed by atoms with E-state index in [0.29, 0.717) is 29.0 Å². The minimum absolute atomic E-state index is 0.545. The van der Waals surface area contributed by atoms with E-state index in [1.54, 1.807) is 0 Å². The smallest absolute Gasteiger partial charge is 0.237 e. The highest BCUT2D eigenvalue weighted by atomic mass is 35.5. The molecule has 0 N–H and O–H groups in total. The second kappa shape index (κ2) is 7.63. The molecule has 0 fully saturated rings. The van der Waals surface area contributed by atoms with Crippen LogP contribution in [0.1, 0.15) is 18.6 Å². The molecule has 0 unspecified atom stereocenters. The van der Waals surface area contributed by atoms with E-state index >= 15 is 0 Å². The maximum atomic E-state index is 5.95. The Bertz CT molecular complexity index is 827. The van der Waals surface area contributed by atoms with Gasteiger partial charge in [0.2, 0.25) is 5.89 Å². The molecule has 0 aliphatic rings. The van der Waals surface area contributed by atoms with Crippen molar-refractivity contribution in [2.45, 2.75) is 30.8 Å². The van der Waals surface area contributed by atoms with Gasteiger partial charge in [-0.3, -0.25) is 4.57 Å². The average Bonchev–Trinajstić information content (AvgIpc) is 3.21. The number of halogens is 1. The average molecular weight is 362 g/mol. The molecule has 0 radical (unpaired) electrons. The molecule has 8 heteroatoms. The largest absolute Gasteiger partial charge is 0.338 e. The molecule has 0 aliphatic carbocycles. The van der Waals surface area contributed by atoms with Crippen LogP contribution in [0.5, 0.6) is 0 Å². The van der Waals surface area contributed by atoms with Crippen LogP contribution < -0.4 is 0 Å². The van der Waals surface area contributed by atoms with Gasteiger partial charge >= 0.3 is 0 Å². The predicted octanol–water partition coefficient (Wildman–Crippen LogP) is 4.02. The quantitative estimate of drug-likeness (QED) is 0.467. The molecule has 0 saturated heterocycles. The summed E-state index contributed by atoms with van der Waals surface area (Å²) in [4.78, 5) is 4.30. The van der Waals surface area contributed by atoms with Gasteiger partial charge in [0, 0.05) is 23.6 Å². The fourth-order valence-electron chi connectivity index (χ4n) is 2.12. The topological polar surface area (TPSA) is 69.6 Å². The Kier molecular flexibility index (Phi) is 5.32. The lowest BCUT2D eigenvalue weighted by molar-refractivity contribution is 0.385. The Morgan fingerprint density at radius 1 is 1.29 bits per heavy atom. The van der Waals surface area contributed by atoms with Crippen LogP contribution in [-0.4, -0.2) is 24.9 Å². The van der Waals surface area contributed by atoms with Crippen molar-refractivity contribution < 1.29 is 4.52 Å². The monoisotopic (exact) mass is 361 g/mol. The molecular weight excluding hydrogens is 346 g/mol. The minimum atomic E-state index is 0.545. The first-order valence-electron chi connectivity index (χ1n) is 7.45. The molecule has 0 aliphatic heterocycles. The summed E-state index contributed by atoms with van der Waals surface area (Å²) in [5.74, 6) is 2.61. The summed E-state index contributed by atoms with van der Waals surface area (Å²) < 4.78 is 7.21. The van der Waals surface area contributed by atoms with Crippen LogP contribution >= 0.6 is 23.4 Å². The standard InChI is InChI=1S/C16H16ClN5OS/c1-3-9-22-15(11-5-7-12(17)8-6-11)19-20-16(22)24-10-14-18-13(4-2)21-23-14/h3,5-8H,1,4,9-10H2,2H3. The first-order chi connectivity index (χ1) is 11.7. The van der Waals surface area contributed by atoms with Crippen molar-refractivity contribution in [2.75, 3.05) is 0 Å². The van der Waals surface area contributed by atoms with Crippen molar-refractivity contribution in [1.82, 2.24) is 24.9 Å². The molecule has 6 nitrogen and oxygen atoms in total. The number of allylic oxidation sites excluding steroid dienone is 1. The van der Waals surface area contributed by atoms with Crippen LogP contribution in [0.3, 0.4) is 0 Å². The van der Waals surface area contributed by atoms with E-state index in [1.165, 1.54) is 11.8 Å². The third-order valence-electron chi connectivity index (χ3n) is 3.28. The molecule has 124 valence electrons. The van der Waals surface area contributed by atoms with Gasteiger partial charge in [0.05, 0.1) is 5.75 Å². The second-order valence-electron chi connectivity index (χ2n) is 4.96. The van der Waals surface area contributed by atoms with Crippen molar-refractivity contribution in [3.8, 4) is 11.4 Å². The van der Waals surface area contributed by atoms with Crippen LogP contribution in [0.2, 0.25) is 5.02 Å². The highest BCUT2D eigenvalue weighted by Gasteiger charge is 2.15. The highest BCUT2D eigenvalue weighted by Crippen LogP contribution is 2.27. The Balaban J connectivity index is 1.82. The van der Waals surface area contributed by atoms with Gasteiger partial charge in [0.1, 0.15) is 0 Å². The number of nitrogens with zero attached hydrogens (tertiary/aromatic N) is 5. The van der Waals surface area contributed by atoms with Crippen LogP contribution in [0.25, 0.3) is 11.4 Å². The van der Waals surface area contributed by atoms with Crippen molar-refractivity contribution in [1.29, 1.82) is 0 Å². The summed E-state index contributed by atoms with van der Waals surface area (Å²) >= 11 is 7.45. The first kappa shape index (κ1) is 16.7. The Morgan fingerprint density at radius 3 is 2.75 bits per heavy atom. The van der Waals surface area contributed by atoms with Gasteiger partial charge in [-0.15, -0.1) is 16.8 Å². The zero-order valence-corrected chi connectivity index (χ0v) is 14.7. The Morgan fingerprint density at radius 2 is 2.08 bits per heavy atom. The lowest BCUT2D eigenvalue weighted by atomic mass is 10.2. The summed E-state index contributed by atoms with van der Waals surface area (Å²) in [7, 11) is 0. The van der Waals surface area contributed by atoms with Gasteiger partial charge < -0.3 is 4.52 Å². The summed E-state index contributed by atoms with van der Waals surface area (Å²) in [6.45, 7) is 6.41. The number of rotatable bonds is 7. The molecule has 24 heavy (non-hydrogen) atoms. The summed E-state index contributed by atoms with van der Waals surface area (Å²) in [6, 6.07) is 7.51. The molecule has 0 bridgehead atoms. The van der Waals surface area contributed by atoms with Gasteiger partial charge in [-0.05, 0) is 24.3 Å². The SMILES string of the molecule is C=CCn1c(SCc2nc(CC)no2)nnc1-c1ccc(Cl)cc1. The first-order valence-corrected chi connectivity index (χ1v) is 8.82. The van der Waals surface area contributed by atoms with Gasteiger partial charge in [0.25, 0.3) is 0 Å². The minimum Gasteiger partial charge on any atom is -0.338 e. The van der Waals surface area contributed by atoms with Gasteiger partial charge in [-0.2, -0.15) is 4.98 Å². The fraction of sp³-hybridized carbons (Fsp3) is 0.250.